The largest absolute Gasteiger partial charge is 0.366 e. The Kier molecular flexibility index (Phi) is 4.73. The van der Waals surface area contributed by atoms with Gasteiger partial charge in [-0.1, -0.05) is 6.92 Å². The molecule has 29 heavy (non-hydrogen) atoms. The quantitative estimate of drug-likeness (QED) is 0.844. The number of urea groups is 1. The van der Waals surface area contributed by atoms with Gasteiger partial charge in [0, 0.05) is 44.3 Å². The molecule has 0 radical (unpaired) electrons. The van der Waals surface area contributed by atoms with Crippen LogP contribution in [0.4, 0.5) is 27.8 Å². The van der Waals surface area contributed by atoms with E-state index in [1.54, 1.807) is 12.4 Å². The van der Waals surface area contributed by atoms with Crippen molar-refractivity contribution < 1.29 is 4.79 Å². The van der Waals surface area contributed by atoms with Gasteiger partial charge in [-0.15, -0.1) is 0 Å². The van der Waals surface area contributed by atoms with E-state index in [1.165, 1.54) is 12.8 Å². The molecule has 2 amide bonds. The van der Waals surface area contributed by atoms with E-state index < -0.39 is 0 Å². The minimum absolute atomic E-state index is 0.110. The minimum atomic E-state index is -0.110. The second-order valence-corrected chi connectivity index (χ2v) is 8.48. The summed E-state index contributed by atoms with van der Waals surface area (Å²) in [5, 5.41) is 3.04. The third-order valence-electron chi connectivity index (χ3n) is 6.30. The lowest BCUT2D eigenvalue weighted by Crippen LogP contribution is -2.56. The lowest BCUT2D eigenvalue weighted by Gasteiger charge is -2.46. The Morgan fingerprint density at radius 1 is 1.03 bits per heavy atom. The van der Waals surface area contributed by atoms with E-state index in [0.29, 0.717) is 5.92 Å². The van der Waals surface area contributed by atoms with Crippen LogP contribution in [0.25, 0.3) is 0 Å². The van der Waals surface area contributed by atoms with Crippen LogP contribution in [0.15, 0.2) is 36.7 Å². The molecule has 3 aliphatic rings. The lowest BCUT2D eigenvalue weighted by atomic mass is 9.99. The number of fused-ring (bicyclic) bond motifs is 4. The highest BCUT2D eigenvalue weighted by Crippen LogP contribution is 2.39. The van der Waals surface area contributed by atoms with Crippen LogP contribution in [-0.2, 0) is 0 Å². The third-order valence-corrected chi connectivity index (χ3v) is 6.30. The first-order valence-corrected chi connectivity index (χ1v) is 10.7. The van der Waals surface area contributed by atoms with Crippen LogP contribution in [0.3, 0.4) is 0 Å². The van der Waals surface area contributed by atoms with Crippen molar-refractivity contribution in [3.05, 3.63) is 36.7 Å². The number of hydrogen-bond acceptors (Lipinski definition) is 5. The molecule has 1 N–H and O–H groups in total. The Morgan fingerprint density at radius 3 is 2.66 bits per heavy atom. The molecule has 2 fully saturated rings. The van der Waals surface area contributed by atoms with E-state index in [-0.39, 0.29) is 12.1 Å². The van der Waals surface area contributed by atoms with Crippen LogP contribution in [0.1, 0.15) is 32.6 Å². The van der Waals surface area contributed by atoms with Gasteiger partial charge >= 0.3 is 6.03 Å². The van der Waals surface area contributed by atoms with Crippen molar-refractivity contribution in [2.24, 2.45) is 5.92 Å². The van der Waals surface area contributed by atoms with Gasteiger partial charge in [-0.05, 0) is 55.9 Å². The van der Waals surface area contributed by atoms with Gasteiger partial charge in [0.1, 0.15) is 5.82 Å². The smallest absolute Gasteiger partial charge is 0.327 e. The molecule has 5 heterocycles. The molecule has 7 heteroatoms. The zero-order chi connectivity index (χ0) is 19.8. The maximum Gasteiger partial charge on any atom is 0.327 e. The van der Waals surface area contributed by atoms with Gasteiger partial charge in [-0.2, -0.15) is 0 Å². The van der Waals surface area contributed by atoms with E-state index in [2.05, 4.69) is 39.2 Å². The van der Waals surface area contributed by atoms with Gasteiger partial charge in [-0.3, -0.25) is 9.88 Å². The zero-order valence-corrected chi connectivity index (χ0v) is 16.9. The molecule has 3 aliphatic heterocycles. The first kappa shape index (κ1) is 18.2. The average molecular weight is 393 g/mol. The molecule has 0 aromatic carbocycles. The van der Waals surface area contributed by atoms with Gasteiger partial charge in [0.15, 0.2) is 5.82 Å². The molecule has 2 saturated heterocycles. The van der Waals surface area contributed by atoms with E-state index in [1.807, 2.05) is 17.0 Å². The van der Waals surface area contributed by atoms with Crippen LogP contribution < -0.4 is 20.0 Å². The molecule has 5 rings (SSSR count). The molecular formula is C22H28N6O. The summed E-state index contributed by atoms with van der Waals surface area (Å²) in [7, 11) is 0. The Labute approximate surface area is 171 Å². The summed E-state index contributed by atoms with van der Waals surface area (Å²) >= 11 is 0. The fourth-order valence-electron chi connectivity index (χ4n) is 4.87. The molecule has 2 aromatic rings. The highest BCUT2D eigenvalue weighted by atomic mass is 16.2. The number of rotatable bonds is 2. The molecule has 1 unspecified atom stereocenters. The van der Waals surface area contributed by atoms with Gasteiger partial charge in [0.25, 0.3) is 0 Å². The van der Waals surface area contributed by atoms with E-state index in [0.717, 1.165) is 62.0 Å². The predicted octanol–water partition coefficient (Wildman–Crippen LogP) is 3.73. The number of nitrogens with one attached hydrogen (secondary N) is 1. The fourth-order valence-corrected chi connectivity index (χ4v) is 4.87. The van der Waals surface area contributed by atoms with Crippen molar-refractivity contribution in [1.29, 1.82) is 0 Å². The average Bonchev–Trinajstić information content (AvgIpc) is 2.74. The second-order valence-electron chi connectivity index (χ2n) is 8.48. The molecule has 2 aromatic heterocycles. The van der Waals surface area contributed by atoms with Crippen molar-refractivity contribution in [3.63, 3.8) is 0 Å². The minimum Gasteiger partial charge on any atom is -0.366 e. The van der Waals surface area contributed by atoms with Crippen molar-refractivity contribution in [1.82, 2.24) is 9.97 Å². The predicted molar refractivity (Wildman–Crippen MR) is 116 cm³/mol. The number of aromatic nitrogens is 2. The van der Waals surface area contributed by atoms with Crippen LogP contribution in [0.5, 0.6) is 0 Å². The maximum atomic E-state index is 13.3. The van der Waals surface area contributed by atoms with Crippen molar-refractivity contribution >= 4 is 29.0 Å². The molecule has 7 nitrogen and oxygen atoms in total. The van der Waals surface area contributed by atoms with Crippen LogP contribution in [-0.4, -0.2) is 48.2 Å². The van der Waals surface area contributed by atoms with E-state index in [9.17, 15) is 4.79 Å². The molecule has 2 atom stereocenters. The number of anilines is 4. The number of carbonyl (C=O) groups excluding carboxylic acids is 1. The first-order chi connectivity index (χ1) is 14.2. The topological polar surface area (TPSA) is 64.6 Å². The molecule has 152 valence electrons. The number of piperidine rings is 2. The zero-order valence-electron chi connectivity index (χ0n) is 16.9. The third kappa shape index (κ3) is 3.50. The van der Waals surface area contributed by atoms with Gasteiger partial charge in [0.2, 0.25) is 0 Å². The van der Waals surface area contributed by atoms with Gasteiger partial charge in [0.05, 0.1) is 11.7 Å². The summed E-state index contributed by atoms with van der Waals surface area (Å²) in [5.41, 5.74) is 1.82. The monoisotopic (exact) mass is 392 g/mol. The Balaban J connectivity index is 1.49. The van der Waals surface area contributed by atoms with Crippen LogP contribution in [0, 0.1) is 5.92 Å². The second kappa shape index (κ2) is 7.54. The highest BCUT2D eigenvalue weighted by Gasteiger charge is 2.38. The summed E-state index contributed by atoms with van der Waals surface area (Å²) < 4.78 is 0. The fraction of sp³-hybridized carbons (Fsp3) is 0.500. The van der Waals surface area contributed by atoms with Gasteiger partial charge in [-0.25, -0.2) is 9.78 Å². The van der Waals surface area contributed by atoms with Crippen LogP contribution in [0.2, 0.25) is 0 Å². The molecule has 0 saturated carbocycles. The molecule has 0 spiro atoms. The normalized spacial score (nSPS) is 23.6. The highest BCUT2D eigenvalue weighted by molar-refractivity contribution is 6.04. The first-order valence-electron chi connectivity index (χ1n) is 10.7. The van der Waals surface area contributed by atoms with Gasteiger partial charge < -0.3 is 15.1 Å². The maximum absolute atomic E-state index is 13.3. The Hall–Kier alpha value is -2.83. The summed E-state index contributed by atoms with van der Waals surface area (Å²) in [6.07, 6.45) is 7.95. The SMILES string of the molecule is CC1CCCN(c2ccc3c(n2)N(C(=O)Nc2ccncc2)[C@H]2CCCN3C2)C1. The number of pyridine rings is 2. The standard InChI is InChI=1S/C22H28N6O/c1-16-4-2-13-27(14-16)20-7-6-19-21(25-20)28(18-5-3-12-26(19)15-18)22(29)24-17-8-10-23-11-9-17/h6-11,16,18H,2-5,12-15H2,1H3,(H,23,24,29)/t16?,18-/m0/s1. The lowest BCUT2D eigenvalue weighted by molar-refractivity contribution is 0.252. The van der Waals surface area contributed by atoms with E-state index in [4.69, 9.17) is 4.98 Å². The van der Waals surface area contributed by atoms with Crippen LogP contribution >= 0.6 is 0 Å². The summed E-state index contributed by atoms with van der Waals surface area (Å²) in [4.78, 5) is 29.0. The van der Waals surface area contributed by atoms with Crippen molar-refractivity contribution in [2.75, 3.05) is 46.2 Å². The summed E-state index contributed by atoms with van der Waals surface area (Å²) in [6.45, 7) is 6.27. The molecular weight excluding hydrogens is 364 g/mol. The summed E-state index contributed by atoms with van der Waals surface area (Å²) in [5.74, 6) is 2.46. The molecule has 2 bridgehead atoms. The Bertz CT molecular complexity index is 888. The number of hydrogen-bond donors (Lipinski definition) is 1. The summed E-state index contributed by atoms with van der Waals surface area (Å²) in [6, 6.07) is 7.96. The Morgan fingerprint density at radius 2 is 1.83 bits per heavy atom. The van der Waals surface area contributed by atoms with Crippen molar-refractivity contribution in [2.45, 2.75) is 38.6 Å². The molecule has 0 aliphatic carbocycles. The van der Waals surface area contributed by atoms with E-state index >= 15 is 0 Å². The number of amides is 2. The number of nitrogens with zero attached hydrogens (tertiary/aromatic N) is 5. The number of carbonyl (C=O) groups is 1. The van der Waals surface area contributed by atoms with Crippen molar-refractivity contribution in [3.8, 4) is 0 Å².